The summed E-state index contributed by atoms with van der Waals surface area (Å²) in [6.45, 7) is 3.60. The fraction of sp³-hybridized carbons (Fsp3) is 0.231. The third-order valence-corrected chi connectivity index (χ3v) is 7.28. The van der Waals surface area contributed by atoms with Gasteiger partial charge in [0.05, 0.1) is 18.4 Å². The number of carbonyl (C=O) groups is 1. The molecule has 0 saturated heterocycles. The summed E-state index contributed by atoms with van der Waals surface area (Å²) in [5, 5.41) is 3.97. The van der Waals surface area contributed by atoms with Crippen LogP contribution >= 0.6 is 22.9 Å². The smallest absolute Gasteiger partial charge is 0.259 e. The van der Waals surface area contributed by atoms with Crippen molar-refractivity contribution in [1.29, 1.82) is 0 Å². The average Bonchev–Trinajstić information content (AvgIpc) is 3.25. The van der Waals surface area contributed by atoms with E-state index in [1.807, 2.05) is 13.0 Å². The molecule has 1 aliphatic heterocycles. The predicted molar refractivity (Wildman–Crippen MR) is 142 cm³/mol. The zero-order valence-corrected chi connectivity index (χ0v) is 21.6. The number of halogens is 1. The van der Waals surface area contributed by atoms with Crippen molar-refractivity contribution in [3.05, 3.63) is 85.9 Å². The molecule has 0 fully saturated rings. The molecule has 0 atom stereocenters. The Kier molecular flexibility index (Phi) is 6.61. The van der Waals surface area contributed by atoms with Gasteiger partial charge in [-0.2, -0.15) is 0 Å². The summed E-state index contributed by atoms with van der Waals surface area (Å²) in [5.41, 5.74) is 3.11. The minimum absolute atomic E-state index is 0.220. The molecule has 1 aliphatic rings. The van der Waals surface area contributed by atoms with Crippen molar-refractivity contribution in [2.75, 3.05) is 26.0 Å². The number of anilines is 1. The maximum absolute atomic E-state index is 13.5. The van der Waals surface area contributed by atoms with Crippen LogP contribution in [0.25, 0.3) is 16.9 Å². The molecule has 10 heteroatoms. The Morgan fingerprint density at radius 1 is 1.19 bits per heavy atom. The van der Waals surface area contributed by atoms with Gasteiger partial charge in [0.15, 0.2) is 5.13 Å². The Morgan fingerprint density at radius 3 is 2.81 bits per heavy atom. The lowest BCUT2D eigenvalue weighted by Gasteiger charge is -2.20. The molecule has 1 aromatic carbocycles. The fourth-order valence-electron chi connectivity index (χ4n) is 4.18. The molecule has 0 radical (unpaired) electrons. The van der Waals surface area contributed by atoms with Crippen LogP contribution in [0, 0.1) is 6.92 Å². The first-order valence-corrected chi connectivity index (χ1v) is 12.5. The Bertz CT molecular complexity index is 1530. The number of nitrogens with zero attached hydrogens (tertiary/aromatic N) is 4. The van der Waals surface area contributed by atoms with Crippen molar-refractivity contribution in [3.63, 3.8) is 0 Å². The summed E-state index contributed by atoms with van der Waals surface area (Å²) < 4.78 is 6.99. The number of benzene rings is 1. The van der Waals surface area contributed by atoms with Gasteiger partial charge in [-0.15, -0.1) is 11.3 Å². The minimum atomic E-state index is -0.359. The Morgan fingerprint density at radius 2 is 2.03 bits per heavy atom. The van der Waals surface area contributed by atoms with Gasteiger partial charge in [0.1, 0.15) is 11.6 Å². The molecule has 4 aromatic rings. The largest absolute Gasteiger partial charge is 0.496 e. The molecule has 1 N–H and O–H groups in total. The summed E-state index contributed by atoms with van der Waals surface area (Å²) >= 11 is 7.80. The molecule has 0 aliphatic carbocycles. The molecule has 3 aromatic heterocycles. The molecule has 184 valence electrons. The number of hydrogen-bond acceptors (Lipinski definition) is 7. The van der Waals surface area contributed by atoms with Gasteiger partial charge < -0.3 is 9.64 Å². The lowest BCUT2D eigenvalue weighted by Crippen LogP contribution is -2.25. The van der Waals surface area contributed by atoms with Gasteiger partial charge in [-0.05, 0) is 49.9 Å². The number of aromatic nitrogens is 3. The van der Waals surface area contributed by atoms with E-state index in [2.05, 4.69) is 27.2 Å². The van der Waals surface area contributed by atoms with E-state index in [-0.39, 0.29) is 11.5 Å². The van der Waals surface area contributed by atoms with Crippen molar-refractivity contribution in [1.82, 2.24) is 19.4 Å². The highest BCUT2D eigenvalue weighted by molar-refractivity contribution is 7.15. The van der Waals surface area contributed by atoms with Crippen LogP contribution in [0.3, 0.4) is 0 Å². The first-order valence-electron chi connectivity index (χ1n) is 11.3. The number of pyridine rings is 2. The molecule has 0 bridgehead atoms. The monoisotopic (exact) mass is 521 g/mol. The van der Waals surface area contributed by atoms with E-state index >= 15 is 0 Å². The number of amides is 1. The number of carbonyl (C=O) groups excluding carboxylic acids is 1. The molecule has 0 spiro atoms. The third-order valence-electron chi connectivity index (χ3n) is 6.05. The number of rotatable bonds is 5. The number of methoxy groups -OCH3 is 1. The molecule has 0 unspecified atom stereocenters. The average molecular weight is 522 g/mol. The zero-order chi connectivity index (χ0) is 25.4. The zero-order valence-electron chi connectivity index (χ0n) is 20.0. The molecular formula is C26H24ClN5O3S. The number of nitrogens with one attached hydrogen (secondary N) is 1. The molecule has 0 saturated carbocycles. The Labute approximate surface area is 217 Å². The van der Waals surface area contributed by atoms with E-state index in [1.165, 1.54) is 28.2 Å². The number of ether oxygens (including phenoxy) is 1. The second kappa shape index (κ2) is 9.85. The van der Waals surface area contributed by atoms with Gasteiger partial charge in [-0.1, -0.05) is 11.6 Å². The van der Waals surface area contributed by atoms with E-state index in [0.29, 0.717) is 38.4 Å². The van der Waals surface area contributed by atoms with Crippen LogP contribution in [0.5, 0.6) is 5.75 Å². The number of likely N-dealkylation sites (N-methyl/N-ethyl adjacent to an activating group) is 1. The highest BCUT2D eigenvalue weighted by atomic mass is 35.5. The van der Waals surface area contributed by atoms with Gasteiger partial charge in [-0.25, -0.2) is 9.97 Å². The molecule has 5 rings (SSSR count). The number of hydrogen-bond donors (Lipinski definition) is 1. The van der Waals surface area contributed by atoms with Crippen LogP contribution in [0.1, 0.15) is 26.5 Å². The third kappa shape index (κ3) is 4.77. The van der Waals surface area contributed by atoms with Crippen LogP contribution in [0.2, 0.25) is 5.02 Å². The molecule has 36 heavy (non-hydrogen) atoms. The summed E-state index contributed by atoms with van der Waals surface area (Å²) in [4.78, 5) is 38.6. The first-order chi connectivity index (χ1) is 17.3. The lowest BCUT2D eigenvalue weighted by atomic mass is 9.99. The highest BCUT2D eigenvalue weighted by Crippen LogP contribution is 2.36. The maximum atomic E-state index is 13.5. The van der Waals surface area contributed by atoms with E-state index < -0.39 is 0 Å². The predicted octanol–water partition coefficient (Wildman–Crippen LogP) is 4.57. The topological polar surface area (TPSA) is 89.3 Å². The van der Waals surface area contributed by atoms with Crippen molar-refractivity contribution in [2.24, 2.45) is 0 Å². The summed E-state index contributed by atoms with van der Waals surface area (Å²) in [6.07, 6.45) is 3.98. The normalized spacial score (nSPS) is 13.3. The summed E-state index contributed by atoms with van der Waals surface area (Å²) in [6, 6.07) is 10.2. The Hall–Kier alpha value is -3.53. The SMILES string of the molecule is COc1ccc(Cl)cc1-c1cc(-n2ccc(C)cc2=O)ncc1C(=O)Nc1nc2c(s1)CN(C)CC2. The van der Waals surface area contributed by atoms with Gasteiger partial charge in [0.25, 0.3) is 11.5 Å². The lowest BCUT2D eigenvalue weighted by molar-refractivity contribution is 0.102. The van der Waals surface area contributed by atoms with Crippen LogP contribution in [-0.4, -0.2) is 46.0 Å². The maximum Gasteiger partial charge on any atom is 0.259 e. The molecule has 8 nitrogen and oxygen atoms in total. The van der Waals surface area contributed by atoms with Crippen molar-refractivity contribution in [3.8, 4) is 22.7 Å². The van der Waals surface area contributed by atoms with Gasteiger partial charge in [0.2, 0.25) is 0 Å². The van der Waals surface area contributed by atoms with Crippen LogP contribution in [-0.2, 0) is 13.0 Å². The van der Waals surface area contributed by atoms with Gasteiger partial charge in [0, 0.05) is 59.0 Å². The summed E-state index contributed by atoms with van der Waals surface area (Å²) in [5.74, 6) is 0.553. The second-order valence-corrected chi connectivity index (χ2v) is 10.2. The van der Waals surface area contributed by atoms with Crippen molar-refractivity contribution in [2.45, 2.75) is 19.9 Å². The van der Waals surface area contributed by atoms with E-state index in [9.17, 15) is 9.59 Å². The first kappa shape index (κ1) is 24.2. The minimum Gasteiger partial charge on any atom is -0.496 e. The number of thiazole rings is 1. The summed E-state index contributed by atoms with van der Waals surface area (Å²) in [7, 11) is 3.62. The Balaban J connectivity index is 1.59. The van der Waals surface area contributed by atoms with Crippen LogP contribution in [0.4, 0.5) is 5.13 Å². The number of aryl methyl sites for hydroxylation is 1. The molecule has 1 amide bonds. The molecule has 4 heterocycles. The van der Waals surface area contributed by atoms with Crippen LogP contribution in [0.15, 0.2) is 53.6 Å². The quantitative estimate of drug-likeness (QED) is 0.414. The second-order valence-electron chi connectivity index (χ2n) is 8.68. The van der Waals surface area contributed by atoms with E-state index in [0.717, 1.165) is 35.6 Å². The van der Waals surface area contributed by atoms with Crippen molar-refractivity contribution >= 4 is 34.0 Å². The van der Waals surface area contributed by atoms with Crippen LogP contribution < -0.4 is 15.6 Å². The van der Waals surface area contributed by atoms with Gasteiger partial charge >= 0.3 is 0 Å². The van der Waals surface area contributed by atoms with E-state index in [4.69, 9.17) is 16.3 Å². The standard InChI is InChI=1S/C26H24ClN5O3S/c1-15-6-9-32(24(33)10-15)23-12-17(18-11-16(27)4-5-21(18)35-3)19(13-28-23)25(34)30-26-29-20-7-8-31(2)14-22(20)36-26/h4-6,9-13H,7-8,14H2,1-3H3,(H,29,30,34). The van der Waals surface area contributed by atoms with Crippen molar-refractivity contribution < 1.29 is 9.53 Å². The number of fused-ring (bicyclic) bond motifs is 1. The van der Waals surface area contributed by atoms with E-state index in [1.54, 1.807) is 37.6 Å². The molecular weight excluding hydrogens is 498 g/mol. The van der Waals surface area contributed by atoms with Gasteiger partial charge in [-0.3, -0.25) is 19.5 Å². The highest BCUT2D eigenvalue weighted by Gasteiger charge is 2.22. The fourth-order valence-corrected chi connectivity index (χ4v) is 5.43.